The number of carbonyl (C=O) groups is 1. The first-order valence-electron chi connectivity index (χ1n) is 7.27. The van der Waals surface area contributed by atoms with Crippen LogP contribution in [0.5, 0.6) is 0 Å². The third-order valence-corrected chi connectivity index (χ3v) is 4.23. The first-order chi connectivity index (χ1) is 11.6. The van der Waals surface area contributed by atoms with Crippen LogP contribution in [0.1, 0.15) is 15.2 Å². The number of hydrogen-bond donors (Lipinski definition) is 3. The lowest BCUT2D eigenvalue weighted by molar-refractivity contribution is -0.342. The number of H-pyrrole nitrogens is 1. The number of hydrogen-bond acceptors (Lipinski definition) is 4. The topological polar surface area (TPSA) is 81.3 Å². The van der Waals surface area contributed by atoms with Crippen LogP contribution >= 0.6 is 11.3 Å². The molecule has 3 aromatic rings. The van der Waals surface area contributed by atoms with Crippen molar-refractivity contribution in [3.63, 3.8) is 0 Å². The number of thiophene rings is 1. The van der Waals surface area contributed by atoms with Gasteiger partial charge in [0.15, 0.2) is 0 Å². The van der Waals surface area contributed by atoms with Gasteiger partial charge in [-0.25, -0.2) is 9.37 Å². The third-order valence-electron chi connectivity index (χ3n) is 3.37. The van der Waals surface area contributed by atoms with Gasteiger partial charge in [0.2, 0.25) is 11.6 Å². The molecule has 0 saturated carbocycles. The van der Waals surface area contributed by atoms with Crippen LogP contribution in [0.4, 0.5) is 21.7 Å². The van der Waals surface area contributed by atoms with Crippen LogP contribution in [0, 0.1) is 5.82 Å². The number of pyridine rings is 1. The van der Waals surface area contributed by atoms with Gasteiger partial charge in [0, 0.05) is 6.07 Å². The summed E-state index contributed by atoms with van der Waals surface area (Å²) in [5.74, 6) is 0.590. The number of nitrogens with two attached hydrogens (primary N) is 1. The Bertz CT molecular complexity index is 840. The standard InChI is InChI=1S/C17H15FN4OS.ClH/c18-12-5-3-11(4-6-12)10-20-15-8-7-13(16(19)22-15)21-17(23)14-2-1-9-24-14;/h1-9H,10H2,(H,21,23)(H3,19,20,22);1H. The van der Waals surface area contributed by atoms with Gasteiger partial charge in [0.25, 0.3) is 5.91 Å². The lowest BCUT2D eigenvalue weighted by atomic mass is 10.2. The van der Waals surface area contributed by atoms with Crippen molar-refractivity contribution in [1.29, 1.82) is 0 Å². The van der Waals surface area contributed by atoms with Gasteiger partial charge < -0.3 is 28.8 Å². The Hall–Kier alpha value is -2.64. The highest BCUT2D eigenvalue weighted by molar-refractivity contribution is 7.12. The fraction of sp³-hybridized carbons (Fsp3) is 0.0588. The van der Waals surface area contributed by atoms with E-state index in [1.807, 2.05) is 11.4 Å². The number of halogens is 2. The Kier molecular flexibility index (Phi) is 6.32. The molecular weight excluding hydrogens is 363 g/mol. The molecule has 0 radical (unpaired) electrons. The molecule has 1 amide bonds. The summed E-state index contributed by atoms with van der Waals surface area (Å²) in [5.41, 5.74) is 7.41. The molecule has 0 spiro atoms. The maximum absolute atomic E-state index is 12.9. The summed E-state index contributed by atoms with van der Waals surface area (Å²) in [6.07, 6.45) is 0. The van der Waals surface area contributed by atoms with Crippen molar-refractivity contribution >= 4 is 34.6 Å². The highest BCUT2D eigenvalue weighted by atomic mass is 35.5. The molecular formula is C17H16ClFN4OS. The van der Waals surface area contributed by atoms with Gasteiger partial charge in [-0.3, -0.25) is 4.79 Å². The second-order valence-electron chi connectivity index (χ2n) is 5.11. The van der Waals surface area contributed by atoms with Crippen molar-refractivity contribution in [3.8, 4) is 0 Å². The van der Waals surface area contributed by atoms with Crippen LogP contribution in [-0.4, -0.2) is 5.91 Å². The van der Waals surface area contributed by atoms with Crippen molar-refractivity contribution in [3.05, 3.63) is 70.2 Å². The maximum atomic E-state index is 12.9. The van der Waals surface area contributed by atoms with Crippen molar-refractivity contribution in [1.82, 2.24) is 0 Å². The van der Waals surface area contributed by atoms with E-state index in [0.717, 1.165) is 5.56 Å². The molecule has 130 valence electrons. The second-order valence-corrected chi connectivity index (χ2v) is 6.06. The molecule has 0 unspecified atom stereocenters. The largest absolute Gasteiger partial charge is 1.00 e. The van der Waals surface area contributed by atoms with E-state index in [4.69, 9.17) is 5.73 Å². The molecule has 2 heterocycles. The van der Waals surface area contributed by atoms with E-state index in [1.165, 1.54) is 23.5 Å². The van der Waals surface area contributed by atoms with Crippen LogP contribution in [0.15, 0.2) is 53.9 Å². The fourth-order valence-electron chi connectivity index (χ4n) is 2.11. The third kappa shape index (κ3) is 4.91. The van der Waals surface area contributed by atoms with Crippen LogP contribution in [-0.2, 0) is 6.54 Å². The van der Waals surface area contributed by atoms with Gasteiger partial charge in [-0.2, -0.15) is 0 Å². The summed E-state index contributed by atoms with van der Waals surface area (Å²) < 4.78 is 12.9. The van der Waals surface area contributed by atoms with E-state index in [2.05, 4.69) is 15.6 Å². The number of amides is 1. The van der Waals surface area contributed by atoms with Crippen molar-refractivity contribution in [2.24, 2.45) is 0 Å². The zero-order valence-electron chi connectivity index (χ0n) is 13.1. The predicted octanol–water partition coefficient (Wildman–Crippen LogP) is 0.152. The van der Waals surface area contributed by atoms with Crippen LogP contribution in [0.2, 0.25) is 0 Å². The normalized spacial score (nSPS) is 9.96. The number of nitrogens with one attached hydrogen (secondary N) is 3. The number of aromatic amines is 1. The van der Waals surface area contributed by atoms with Crippen LogP contribution in [0.25, 0.3) is 0 Å². The molecule has 0 fully saturated rings. The lowest BCUT2D eigenvalue weighted by Gasteiger charge is -2.07. The average Bonchev–Trinajstić information content (AvgIpc) is 3.11. The molecule has 8 heteroatoms. The predicted molar refractivity (Wildman–Crippen MR) is 93.4 cm³/mol. The molecule has 0 aliphatic heterocycles. The summed E-state index contributed by atoms with van der Waals surface area (Å²) in [4.78, 5) is 15.6. The molecule has 0 atom stereocenters. The Morgan fingerprint density at radius 3 is 2.56 bits per heavy atom. The first-order valence-corrected chi connectivity index (χ1v) is 8.15. The van der Waals surface area contributed by atoms with Gasteiger partial charge in [-0.05, 0) is 35.2 Å². The zero-order chi connectivity index (χ0) is 16.9. The van der Waals surface area contributed by atoms with E-state index < -0.39 is 0 Å². The van der Waals surface area contributed by atoms with Gasteiger partial charge in [0.1, 0.15) is 11.5 Å². The van der Waals surface area contributed by atoms with Gasteiger partial charge >= 0.3 is 0 Å². The number of rotatable bonds is 5. The van der Waals surface area contributed by atoms with E-state index in [0.29, 0.717) is 28.7 Å². The second kappa shape index (κ2) is 8.46. The Morgan fingerprint density at radius 1 is 1.16 bits per heavy atom. The maximum Gasteiger partial charge on any atom is 0.265 e. The van der Waals surface area contributed by atoms with Crippen LogP contribution in [0.3, 0.4) is 0 Å². The summed E-state index contributed by atoms with van der Waals surface area (Å²) in [6.45, 7) is 0.525. The van der Waals surface area contributed by atoms with E-state index in [1.54, 1.807) is 30.3 Å². The minimum Gasteiger partial charge on any atom is -1.00 e. The molecule has 0 saturated heterocycles. The number of anilines is 3. The highest BCUT2D eigenvalue weighted by Gasteiger charge is 2.12. The van der Waals surface area contributed by atoms with Crippen LogP contribution < -0.4 is 33.8 Å². The van der Waals surface area contributed by atoms with E-state index >= 15 is 0 Å². The number of carbonyl (C=O) groups excluding carboxylic acids is 1. The molecule has 0 bridgehead atoms. The average molecular weight is 379 g/mol. The Morgan fingerprint density at radius 2 is 1.92 bits per heavy atom. The molecule has 3 rings (SSSR count). The van der Waals surface area contributed by atoms with Crippen molar-refractivity contribution in [2.75, 3.05) is 16.4 Å². The summed E-state index contributed by atoms with van der Waals surface area (Å²) in [5, 5.41) is 7.77. The molecule has 0 aliphatic carbocycles. The number of benzene rings is 1. The van der Waals surface area contributed by atoms with Crippen molar-refractivity contribution in [2.45, 2.75) is 6.54 Å². The number of nitrogen functional groups attached to an aromatic ring is 1. The minimum absolute atomic E-state index is 0. The zero-order valence-corrected chi connectivity index (χ0v) is 14.6. The Balaban J connectivity index is 0.00000225. The first kappa shape index (κ1) is 18.7. The van der Waals surface area contributed by atoms with E-state index in [9.17, 15) is 9.18 Å². The molecule has 25 heavy (non-hydrogen) atoms. The van der Waals surface area contributed by atoms with Crippen molar-refractivity contribution < 1.29 is 26.6 Å². The quantitative estimate of drug-likeness (QED) is 0.591. The fourth-order valence-corrected chi connectivity index (χ4v) is 2.73. The summed E-state index contributed by atoms with van der Waals surface area (Å²) in [7, 11) is 0. The Labute approximate surface area is 154 Å². The lowest BCUT2D eigenvalue weighted by Crippen LogP contribution is -3.00. The van der Waals surface area contributed by atoms with Gasteiger partial charge in [-0.1, -0.05) is 18.2 Å². The molecule has 5 N–H and O–H groups in total. The minimum atomic E-state index is -0.264. The molecule has 0 aliphatic rings. The monoisotopic (exact) mass is 378 g/mol. The van der Waals surface area contributed by atoms with Gasteiger partial charge in [-0.15, -0.1) is 11.3 Å². The van der Waals surface area contributed by atoms with E-state index in [-0.39, 0.29) is 24.1 Å². The smallest absolute Gasteiger partial charge is 0.265 e. The number of aromatic nitrogens is 1. The SMILES string of the molecule is Nc1[nH+]c(NCc2ccc(F)cc2)ccc1NC(=O)c1cccs1.[Cl-]. The molecule has 2 aromatic heterocycles. The molecule has 5 nitrogen and oxygen atoms in total. The van der Waals surface area contributed by atoms with Gasteiger partial charge in [0.05, 0.1) is 11.4 Å². The summed E-state index contributed by atoms with van der Waals surface area (Å²) >= 11 is 1.36. The molecule has 1 aromatic carbocycles. The highest BCUT2D eigenvalue weighted by Crippen LogP contribution is 2.18. The summed E-state index contributed by atoms with van der Waals surface area (Å²) in [6, 6.07) is 13.3.